The highest BCUT2D eigenvalue weighted by molar-refractivity contribution is 8.06. The lowest BCUT2D eigenvalue weighted by Crippen LogP contribution is -2.23. The Hall–Kier alpha value is -0.620. The van der Waals surface area contributed by atoms with Gasteiger partial charge in [-0.15, -0.1) is 0 Å². The van der Waals surface area contributed by atoms with E-state index in [0.717, 1.165) is 24.6 Å². The largest absolute Gasteiger partial charge is 0.369 e. The summed E-state index contributed by atoms with van der Waals surface area (Å²) < 4.78 is 0. The molecule has 1 aliphatic heterocycles. The molecule has 1 aromatic heterocycles. The molecule has 0 aliphatic carbocycles. The molecule has 2 N–H and O–H groups in total. The van der Waals surface area contributed by atoms with Crippen LogP contribution in [0.3, 0.4) is 0 Å². The summed E-state index contributed by atoms with van der Waals surface area (Å²) >= 11 is 4.11. The van der Waals surface area contributed by atoms with E-state index in [1.54, 1.807) is 0 Å². The van der Waals surface area contributed by atoms with Crippen molar-refractivity contribution in [3.63, 3.8) is 0 Å². The highest BCUT2D eigenvalue weighted by atomic mass is 32.2. The molecule has 0 spiro atoms. The third kappa shape index (κ3) is 4.24. The second-order valence-corrected chi connectivity index (χ2v) is 6.76. The van der Waals surface area contributed by atoms with Crippen molar-refractivity contribution in [2.45, 2.75) is 19.1 Å². The van der Waals surface area contributed by atoms with Crippen molar-refractivity contribution in [2.24, 2.45) is 0 Å². The fraction of sp³-hybridized carbons (Fsp3) is 0.667. The minimum absolute atomic E-state index is 0.696. The molecule has 1 aliphatic rings. The van der Waals surface area contributed by atoms with Crippen LogP contribution in [0.4, 0.5) is 11.8 Å². The van der Waals surface area contributed by atoms with Crippen LogP contribution in [0.15, 0.2) is 6.07 Å². The third-order valence-electron chi connectivity index (χ3n) is 2.58. The molecule has 1 atom stereocenters. The molecule has 100 valence electrons. The summed E-state index contributed by atoms with van der Waals surface area (Å²) in [6.07, 6.45) is 0. The van der Waals surface area contributed by atoms with Gasteiger partial charge in [0.05, 0.1) is 0 Å². The van der Waals surface area contributed by atoms with Gasteiger partial charge in [0.1, 0.15) is 5.82 Å². The van der Waals surface area contributed by atoms with E-state index in [-0.39, 0.29) is 0 Å². The molecule has 0 amide bonds. The number of nitrogens with zero attached hydrogens (tertiary/aromatic N) is 2. The lowest BCUT2D eigenvalue weighted by Gasteiger charge is -2.21. The van der Waals surface area contributed by atoms with Crippen LogP contribution in [0.25, 0.3) is 0 Å². The minimum Gasteiger partial charge on any atom is -0.369 e. The zero-order valence-electron chi connectivity index (χ0n) is 10.9. The number of anilines is 2. The first-order valence-corrected chi connectivity index (χ1v) is 8.51. The van der Waals surface area contributed by atoms with E-state index in [2.05, 4.69) is 39.3 Å². The van der Waals surface area contributed by atoms with E-state index >= 15 is 0 Å². The SMILES string of the molecule is CCNc1nc(C)cc(NCC2CSCCS2)n1. The van der Waals surface area contributed by atoms with Gasteiger partial charge in [-0.2, -0.15) is 28.5 Å². The Kier molecular flexibility index (Phi) is 5.44. The van der Waals surface area contributed by atoms with Crippen molar-refractivity contribution in [2.75, 3.05) is 41.0 Å². The summed E-state index contributed by atoms with van der Waals surface area (Å²) in [5.41, 5.74) is 0.995. The molecular formula is C12H20N4S2. The molecule has 0 radical (unpaired) electrons. The van der Waals surface area contributed by atoms with Gasteiger partial charge in [0.2, 0.25) is 5.95 Å². The van der Waals surface area contributed by atoms with Crippen LogP contribution < -0.4 is 10.6 Å². The number of thioether (sulfide) groups is 2. The molecule has 0 aromatic carbocycles. The van der Waals surface area contributed by atoms with Crippen molar-refractivity contribution in [1.82, 2.24) is 9.97 Å². The van der Waals surface area contributed by atoms with Crippen LogP contribution in [0.5, 0.6) is 0 Å². The van der Waals surface area contributed by atoms with Crippen LogP contribution in [0, 0.1) is 6.92 Å². The van der Waals surface area contributed by atoms with E-state index in [4.69, 9.17) is 0 Å². The van der Waals surface area contributed by atoms with Crippen LogP contribution in [0.1, 0.15) is 12.6 Å². The van der Waals surface area contributed by atoms with Gasteiger partial charge in [-0.1, -0.05) is 0 Å². The predicted molar refractivity (Wildman–Crippen MR) is 83.0 cm³/mol. The number of hydrogen-bond donors (Lipinski definition) is 2. The number of rotatable bonds is 5. The molecule has 0 bridgehead atoms. The van der Waals surface area contributed by atoms with Gasteiger partial charge in [-0.25, -0.2) is 4.98 Å². The van der Waals surface area contributed by atoms with Gasteiger partial charge in [0.25, 0.3) is 0 Å². The van der Waals surface area contributed by atoms with E-state index in [1.165, 1.54) is 17.3 Å². The first kappa shape index (κ1) is 13.8. The topological polar surface area (TPSA) is 49.8 Å². The summed E-state index contributed by atoms with van der Waals surface area (Å²) in [7, 11) is 0. The molecule has 18 heavy (non-hydrogen) atoms. The molecule has 0 saturated carbocycles. The Labute approximate surface area is 117 Å². The molecule has 6 heteroatoms. The third-order valence-corrected chi connectivity index (χ3v) is 5.43. The van der Waals surface area contributed by atoms with E-state index in [0.29, 0.717) is 11.2 Å². The smallest absolute Gasteiger partial charge is 0.224 e. The van der Waals surface area contributed by atoms with E-state index in [9.17, 15) is 0 Å². The standard InChI is InChI=1S/C12H20N4S2/c1-3-13-12-15-9(2)6-11(16-12)14-7-10-8-17-4-5-18-10/h6,10H,3-5,7-8H2,1-2H3,(H2,13,14,15,16). The number of aromatic nitrogens is 2. The van der Waals surface area contributed by atoms with Gasteiger partial charge in [0, 0.05) is 47.4 Å². The minimum atomic E-state index is 0.696. The molecule has 2 heterocycles. The van der Waals surface area contributed by atoms with Crippen molar-refractivity contribution in [3.8, 4) is 0 Å². The lowest BCUT2D eigenvalue weighted by molar-refractivity contribution is 0.978. The molecule has 4 nitrogen and oxygen atoms in total. The lowest BCUT2D eigenvalue weighted by atomic mass is 10.4. The monoisotopic (exact) mass is 284 g/mol. The second-order valence-electron chi connectivity index (χ2n) is 4.20. The maximum Gasteiger partial charge on any atom is 0.224 e. The number of hydrogen-bond acceptors (Lipinski definition) is 6. The molecule has 2 rings (SSSR count). The van der Waals surface area contributed by atoms with Gasteiger partial charge in [-0.3, -0.25) is 0 Å². The molecule has 1 unspecified atom stereocenters. The van der Waals surface area contributed by atoms with Gasteiger partial charge >= 0.3 is 0 Å². The van der Waals surface area contributed by atoms with Gasteiger partial charge in [0.15, 0.2) is 0 Å². The highest BCUT2D eigenvalue weighted by Gasteiger charge is 2.14. The Bertz CT molecular complexity index is 380. The fourth-order valence-corrected chi connectivity index (χ4v) is 4.38. The number of aryl methyl sites for hydroxylation is 1. The van der Waals surface area contributed by atoms with Crippen molar-refractivity contribution >= 4 is 35.3 Å². The van der Waals surface area contributed by atoms with Gasteiger partial charge < -0.3 is 10.6 Å². The van der Waals surface area contributed by atoms with Crippen molar-refractivity contribution in [3.05, 3.63) is 11.8 Å². The zero-order valence-corrected chi connectivity index (χ0v) is 12.5. The van der Waals surface area contributed by atoms with Crippen LogP contribution >= 0.6 is 23.5 Å². The average Bonchev–Trinajstić information content (AvgIpc) is 2.37. The number of nitrogens with one attached hydrogen (secondary N) is 2. The Morgan fingerprint density at radius 2 is 2.22 bits per heavy atom. The first-order valence-electron chi connectivity index (χ1n) is 6.30. The van der Waals surface area contributed by atoms with Crippen LogP contribution in [-0.2, 0) is 0 Å². The van der Waals surface area contributed by atoms with Crippen LogP contribution in [0.2, 0.25) is 0 Å². The van der Waals surface area contributed by atoms with E-state index in [1.807, 2.05) is 24.8 Å². The summed E-state index contributed by atoms with van der Waals surface area (Å²) in [5.74, 6) is 5.43. The van der Waals surface area contributed by atoms with Crippen molar-refractivity contribution in [1.29, 1.82) is 0 Å². The Morgan fingerprint density at radius 3 is 2.94 bits per heavy atom. The normalized spacial score (nSPS) is 19.6. The highest BCUT2D eigenvalue weighted by Crippen LogP contribution is 2.24. The van der Waals surface area contributed by atoms with E-state index < -0.39 is 0 Å². The van der Waals surface area contributed by atoms with Crippen molar-refractivity contribution < 1.29 is 0 Å². The summed E-state index contributed by atoms with van der Waals surface area (Å²) in [6, 6.07) is 2.00. The molecule has 1 aromatic rings. The summed E-state index contributed by atoms with van der Waals surface area (Å²) in [5, 5.41) is 7.28. The first-order chi connectivity index (χ1) is 8.78. The molecule has 1 saturated heterocycles. The second kappa shape index (κ2) is 7.09. The molecule has 1 fully saturated rings. The quantitative estimate of drug-likeness (QED) is 0.866. The summed E-state index contributed by atoms with van der Waals surface area (Å²) in [6.45, 7) is 5.88. The predicted octanol–water partition coefficient (Wildman–Crippen LogP) is 2.48. The maximum absolute atomic E-state index is 4.46. The maximum atomic E-state index is 4.46. The molecular weight excluding hydrogens is 264 g/mol. The van der Waals surface area contributed by atoms with Crippen LogP contribution in [-0.4, -0.2) is 45.6 Å². The Balaban J connectivity index is 1.91. The Morgan fingerprint density at radius 1 is 1.33 bits per heavy atom. The average molecular weight is 284 g/mol. The zero-order chi connectivity index (χ0) is 12.8. The fourth-order valence-electron chi connectivity index (χ4n) is 1.77. The summed E-state index contributed by atoms with van der Waals surface area (Å²) in [4.78, 5) is 8.81. The van der Waals surface area contributed by atoms with Gasteiger partial charge in [-0.05, 0) is 13.8 Å².